The van der Waals surface area contributed by atoms with Crippen LogP contribution in [-0.4, -0.2) is 17.5 Å². The van der Waals surface area contributed by atoms with Crippen LogP contribution in [0.25, 0.3) is 0 Å². The molecule has 0 saturated carbocycles. The van der Waals surface area contributed by atoms with Crippen LogP contribution in [0.3, 0.4) is 0 Å². The zero-order valence-electron chi connectivity index (χ0n) is 7.81. The molecular formula is C10H10FNO3. The Bertz CT molecular complexity index is 367. The van der Waals surface area contributed by atoms with Crippen LogP contribution >= 0.6 is 0 Å². The molecule has 2 N–H and O–H groups in total. The number of benzene rings is 1. The maximum absolute atomic E-state index is 12.8. The first-order chi connectivity index (χ1) is 7.13. The highest BCUT2D eigenvalue weighted by Gasteiger charge is 2.14. The van der Waals surface area contributed by atoms with Gasteiger partial charge < -0.3 is 10.4 Å². The molecule has 0 aliphatic rings. The molecule has 0 aromatic heterocycles. The molecule has 80 valence electrons. The molecule has 0 spiro atoms. The Hall–Kier alpha value is -1.91. The lowest BCUT2D eigenvalue weighted by atomic mass is 10.0. The molecule has 1 unspecified atom stereocenters. The minimum absolute atomic E-state index is 0.276. The van der Waals surface area contributed by atoms with Crippen LogP contribution in [0.15, 0.2) is 24.3 Å². The Morgan fingerprint density at radius 1 is 1.60 bits per heavy atom. The van der Waals surface area contributed by atoms with Crippen molar-refractivity contribution >= 4 is 12.4 Å². The number of rotatable bonds is 5. The van der Waals surface area contributed by atoms with Gasteiger partial charge in [-0.1, -0.05) is 12.1 Å². The summed E-state index contributed by atoms with van der Waals surface area (Å²) in [6, 6.07) is 4.78. The number of halogens is 1. The minimum atomic E-state index is -1.06. The fourth-order valence-corrected chi connectivity index (χ4v) is 1.25. The number of carbonyl (C=O) groups excluding carboxylic acids is 1. The zero-order chi connectivity index (χ0) is 11.3. The molecule has 0 saturated heterocycles. The summed E-state index contributed by atoms with van der Waals surface area (Å²) in [4.78, 5) is 20.8. The molecule has 0 fully saturated rings. The summed E-state index contributed by atoms with van der Waals surface area (Å²) in [5, 5.41) is 10.9. The van der Waals surface area contributed by atoms with Gasteiger partial charge in [0.1, 0.15) is 5.82 Å². The topological polar surface area (TPSA) is 66.4 Å². The lowest BCUT2D eigenvalue weighted by Crippen LogP contribution is -2.22. The standard InChI is InChI=1S/C10H10FNO3/c11-8-3-1-2-7(4-8)9(12-6-13)5-10(14)15/h1-4,6,9H,5H2,(H,12,13)(H,14,15). The second-order valence-electron chi connectivity index (χ2n) is 2.99. The van der Waals surface area contributed by atoms with Gasteiger partial charge in [0.2, 0.25) is 6.41 Å². The van der Waals surface area contributed by atoms with Gasteiger partial charge in [0.25, 0.3) is 0 Å². The van der Waals surface area contributed by atoms with Crippen molar-refractivity contribution < 1.29 is 19.1 Å². The number of amides is 1. The quantitative estimate of drug-likeness (QED) is 0.716. The van der Waals surface area contributed by atoms with Gasteiger partial charge in [-0.05, 0) is 17.7 Å². The van der Waals surface area contributed by atoms with E-state index < -0.39 is 17.8 Å². The third kappa shape index (κ3) is 3.38. The highest BCUT2D eigenvalue weighted by molar-refractivity contribution is 5.68. The van der Waals surface area contributed by atoms with E-state index in [0.717, 1.165) is 0 Å². The number of carbonyl (C=O) groups is 2. The first kappa shape index (κ1) is 11.2. The van der Waals surface area contributed by atoms with Crippen molar-refractivity contribution in [3.05, 3.63) is 35.6 Å². The van der Waals surface area contributed by atoms with Crippen LogP contribution in [0, 0.1) is 5.82 Å². The Balaban J connectivity index is 2.87. The average Bonchev–Trinajstić information content (AvgIpc) is 2.16. The molecule has 4 nitrogen and oxygen atoms in total. The summed E-state index contributed by atoms with van der Waals surface area (Å²) >= 11 is 0. The third-order valence-electron chi connectivity index (χ3n) is 1.90. The Morgan fingerprint density at radius 3 is 2.87 bits per heavy atom. The van der Waals surface area contributed by atoms with Gasteiger partial charge in [-0.25, -0.2) is 4.39 Å². The lowest BCUT2D eigenvalue weighted by molar-refractivity contribution is -0.137. The van der Waals surface area contributed by atoms with Crippen molar-refractivity contribution in [1.29, 1.82) is 0 Å². The normalized spacial score (nSPS) is 11.8. The van der Waals surface area contributed by atoms with Gasteiger partial charge in [0.05, 0.1) is 12.5 Å². The zero-order valence-corrected chi connectivity index (χ0v) is 7.81. The lowest BCUT2D eigenvalue weighted by Gasteiger charge is -2.13. The molecule has 1 amide bonds. The van der Waals surface area contributed by atoms with Gasteiger partial charge in [0, 0.05) is 0 Å². The minimum Gasteiger partial charge on any atom is -0.481 e. The van der Waals surface area contributed by atoms with Crippen LogP contribution in [0.2, 0.25) is 0 Å². The fraction of sp³-hybridized carbons (Fsp3) is 0.200. The monoisotopic (exact) mass is 211 g/mol. The van der Waals surface area contributed by atoms with E-state index in [2.05, 4.69) is 5.32 Å². The summed E-state index contributed by atoms with van der Waals surface area (Å²) in [6.07, 6.45) is 0.126. The van der Waals surface area contributed by atoms with E-state index in [1.54, 1.807) is 6.07 Å². The fourth-order valence-electron chi connectivity index (χ4n) is 1.25. The first-order valence-electron chi connectivity index (χ1n) is 4.30. The van der Waals surface area contributed by atoms with Crippen molar-refractivity contribution in [2.24, 2.45) is 0 Å². The van der Waals surface area contributed by atoms with Crippen molar-refractivity contribution in [1.82, 2.24) is 5.32 Å². The second kappa shape index (κ2) is 5.09. The predicted octanol–water partition coefficient (Wildman–Crippen LogP) is 1.09. The van der Waals surface area contributed by atoms with Gasteiger partial charge in [-0.15, -0.1) is 0 Å². The van der Waals surface area contributed by atoms with E-state index in [-0.39, 0.29) is 6.42 Å². The molecular weight excluding hydrogens is 201 g/mol. The number of aliphatic carboxylic acids is 1. The molecule has 1 atom stereocenters. The van der Waals surface area contributed by atoms with E-state index in [4.69, 9.17) is 5.11 Å². The van der Waals surface area contributed by atoms with Crippen molar-refractivity contribution in [2.75, 3.05) is 0 Å². The number of carboxylic acid groups (broad SMARTS) is 1. The van der Waals surface area contributed by atoms with Crippen LogP contribution in [0.5, 0.6) is 0 Å². The summed E-state index contributed by atoms with van der Waals surface area (Å²) in [5.74, 6) is -1.52. The maximum Gasteiger partial charge on any atom is 0.305 e. The Kier molecular flexibility index (Phi) is 3.79. The largest absolute Gasteiger partial charge is 0.481 e. The molecule has 0 bridgehead atoms. The molecule has 0 aliphatic heterocycles. The van der Waals surface area contributed by atoms with Crippen LogP contribution in [0.4, 0.5) is 4.39 Å². The van der Waals surface area contributed by atoms with Gasteiger partial charge >= 0.3 is 5.97 Å². The van der Waals surface area contributed by atoms with E-state index in [1.807, 2.05) is 0 Å². The number of hydrogen-bond acceptors (Lipinski definition) is 2. The maximum atomic E-state index is 12.8. The molecule has 1 aromatic rings. The van der Waals surface area contributed by atoms with Crippen molar-refractivity contribution in [3.63, 3.8) is 0 Å². The van der Waals surface area contributed by atoms with Gasteiger partial charge in [-0.3, -0.25) is 9.59 Å². The van der Waals surface area contributed by atoms with Crippen molar-refractivity contribution in [3.8, 4) is 0 Å². The van der Waals surface area contributed by atoms with Crippen LogP contribution < -0.4 is 5.32 Å². The highest BCUT2D eigenvalue weighted by atomic mass is 19.1. The van der Waals surface area contributed by atoms with Gasteiger partial charge in [-0.2, -0.15) is 0 Å². The Labute approximate surface area is 85.7 Å². The third-order valence-corrected chi connectivity index (χ3v) is 1.90. The smallest absolute Gasteiger partial charge is 0.305 e. The highest BCUT2D eigenvalue weighted by Crippen LogP contribution is 2.17. The second-order valence-corrected chi connectivity index (χ2v) is 2.99. The summed E-state index contributed by atoms with van der Waals surface area (Å²) in [7, 11) is 0. The Morgan fingerprint density at radius 2 is 2.33 bits per heavy atom. The van der Waals surface area contributed by atoms with E-state index in [1.165, 1.54) is 18.2 Å². The van der Waals surface area contributed by atoms with Crippen LogP contribution in [-0.2, 0) is 9.59 Å². The van der Waals surface area contributed by atoms with Crippen LogP contribution in [0.1, 0.15) is 18.0 Å². The van der Waals surface area contributed by atoms with Crippen molar-refractivity contribution in [2.45, 2.75) is 12.5 Å². The summed E-state index contributed by atoms with van der Waals surface area (Å²) < 4.78 is 12.8. The molecule has 0 radical (unpaired) electrons. The number of nitrogens with one attached hydrogen (secondary N) is 1. The molecule has 1 rings (SSSR count). The predicted molar refractivity (Wildman–Crippen MR) is 50.6 cm³/mol. The first-order valence-corrected chi connectivity index (χ1v) is 4.30. The molecule has 0 heterocycles. The van der Waals surface area contributed by atoms with Gasteiger partial charge in [0.15, 0.2) is 0 Å². The van der Waals surface area contributed by atoms with E-state index in [0.29, 0.717) is 12.0 Å². The average molecular weight is 211 g/mol. The van der Waals surface area contributed by atoms with E-state index in [9.17, 15) is 14.0 Å². The molecule has 5 heteroatoms. The summed E-state index contributed by atoms with van der Waals surface area (Å²) in [5.41, 5.74) is 0.435. The molecule has 15 heavy (non-hydrogen) atoms. The van der Waals surface area contributed by atoms with E-state index >= 15 is 0 Å². The molecule has 1 aromatic carbocycles. The summed E-state index contributed by atoms with van der Waals surface area (Å²) in [6.45, 7) is 0. The number of hydrogen-bond donors (Lipinski definition) is 2. The number of carboxylic acids is 1. The SMILES string of the molecule is O=CNC(CC(=O)O)c1cccc(F)c1. The molecule has 0 aliphatic carbocycles.